The molecule has 0 fully saturated rings. The lowest BCUT2D eigenvalue weighted by atomic mass is 10.0. The molecule has 0 aliphatic carbocycles. The van der Waals surface area contributed by atoms with E-state index >= 15 is 0 Å². The molecule has 0 aliphatic heterocycles. The molecule has 11 heavy (non-hydrogen) atoms. The highest BCUT2D eigenvalue weighted by molar-refractivity contribution is 14.1. The molecule has 0 saturated carbocycles. The quantitative estimate of drug-likeness (QED) is 0.538. The van der Waals surface area contributed by atoms with Gasteiger partial charge in [0.25, 0.3) is 0 Å². The predicted molar refractivity (Wildman–Crippen MR) is 58.5 cm³/mol. The van der Waals surface area contributed by atoms with Gasteiger partial charge < -0.3 is 0 Å². The van der Waals surface area contributed by atoms with Gasteiger partial charge in [0.15, 0.2) is 0 Å². The fraction of sp³-hybridized carbons (Fsp3) is 0.333. The second kappa shape index (κ2) is 3.31. The van der Waals surface area contributed by atoms with Crippen molar-refractivity contribution >= 4 is 34.2 Å². The Hall–Kier alpha value is 0.240. The Kier molecular flexibility index (Phi) is 2.81. The molecule has 0 aliphatic rings. The monoisotopic (exact) mass is 280 g/mol. The Labute approximate surface area is 86.1 Å². The summed E-state index contributed by atoms with van der Waals surface area (Å²) in [5, 5.41) is 0.800. The summed E-state index contributed by atoms with van der Waals surface area (Å²) in [6.45, 7) is 4.35. The predicted octanol–water partition coefficient (Wildman–Crippen LogP) is 4.01. The van der Waals surface area contributed by atoms with Crippen LogP contribution in [0, 0.1) is 0 Å². The number of hydrogen-bond donors (Lipinski definition) is 0. The van der Waals surface area contributed by atoms with E-state index in [0.29, 0.717) is 0 Å². The van der Waals surface area contributed by atoms with Crippen molar-refractivity contribution in [2.75, 3.05) is 0 Å². The number of benzene rings is 1. The van der Waals surface area contributed by atoms with Crippen LogP contribution >= 0.6 is 34.2 Å². The van der Waals surface area contributed by atoms with E-state index in [1.165, 1.54) is 5.56 Å². The molecule has 0 heterocycles. The summed E-state index contributed by atoms with van der Waals surface area (Å²) in [6, 6.07) is 7.98. The van der Waals surface area contributed by atoms with E-state index in [0.717, 1.165) is 5.02 Å². The molecule has 0 unspecified atom stereocenters. The average molecular weight is 281 g/mol. The first-order valence-corrected chi connectivity index (χ1v) is 4.91. The van der Waals surface area contributed by atoms with E-state index in [4.69, 9.17) is 11.6 Å². The van der Waals surface area contributed by atoms with Crippen LogP contribution in [0.4, 0.5) is 0 Å². The zero-order valence-corrected chi connectivity index (χ0v) is 9.48. The third-order valence-electron chi connectivity index (χ3n) is 1.53. The first-order chi connectivity index (χ1) is 5.00. The highest BCUT2D eigenvalue weighted by atomic mass is 127. The summed E-state index contributed by atoms with van der Waals surface area (Å²) in [5.74, 6) is 0. The van der Waals surface area contributed by atoms with Gasteiger partial charge in [-0.05, 0) is 31.5 Å². The van der Waals surface area contributed by atoms with Crippen molar-refractivity contribution in [3.63, 3.8) is 0 Å². The Balaban J connectivity index is 2.99. The molecule has 0 N–H and O–H groups in total. The van der Waals surface area contributed by atoms with Gasteiger partial charge in [-0.1, -0.05) is 46.3 Å². The molecular formula is C9H10ClI. The highest BCUT2D eigenvalue weighted by Crippen LogP contribution is 2.30. The standard InChI is InChI=1S/C9H10ClI/c1-9(2,11)7-3-5-8(10)6-4-7/h3-6H,1-2H3. The number of halogens is 2. The van der Waals surface area contributed by atoms with Crippen LogP contribution in [-0.2, 0) is 3.42 Å². The molecule has 0 nitrogen and oxygen atoms in total. The van der Waals surface area contributed by atoms with E-state index in [-0.39, 0.29) is 3.42 Å². The third-order valence-corrected chi connectivity index (χ3v) is 2.41. The largest absolute Gasteiger partial charge is 0.0843 e. The molecule has 1 aromatic carbocycles. The Bertz CT molecular complexity index is 233. The van der Waals surface area contributed by atoms with Gasteiger partial charge in [-0.25, -0.2) is 0 Å². The molecule has 0 aromatic heterocycles. The van der Waals surface area contributed by atoms with E-state index < -0.39 is 0 Å². The van der Waals surface area contributed by atoms with Crippen molar-refractivity contribution < 1.29 is 0 Å². The normalized spacial score (nSPS) is 11.6. The van der Waals surface area contributed by atoms with Crippen LogP contribution in [0.2, 0.25) is 5.02 Å². The van der Waals surface area contributed by atoms with Gasteiger partial charge in [-0.2, -0.15) is 0 Å². The summed E-state index contributed by atoms with van der Waals surface area (Å²) in [6.07, 6.45) is 0. The van der Waals surface area contributed by atoms with Gasteiger partial charge in [0.2, 0.25) is 0 Å². The van der Waals surface area contributed by atoms with Crippen LogP contribution in [0.15, 0.2) is 24.3 Å². The molecule has 0 amide bonds. The lowest BCUT2D eigenvalue weighted by Crippen LogP contribution is -2.05. The maximum atomic E-state index is 5.76. The van der Waals surface area contributed by atoms with Crippen LogP contribution in [-0.4, -0.2) is 0 Å². The lowest BCUT2D eigenvalue weighted by molar-refractivity contribution is 0.827. The zero-order valence-electron chi connectivity index (χ0n) is 6.57. The highest BCUT2D eigenvalue weighted by Gasteiger charge is 2.14. The van der Waals surface area contributed by atoms with Crippen LogP contribution in [0.1, 0.15) is 19.4 Å². The van der Waals surface area contributed by atoms with Gasteiger partial charge in [-0.3, -0.25) is 0 Å². The summed E-state index contributed by atoms with van der Waals surface area (Å²) in [4.78, 5) is 0. The van der Waals surface area contributed by atoms with E-state index in [9.17, 15) is 0 Å². The third kappa shape index (κ3) is 2.64. The SMILES string of the molecule is CC(C)(I)c1ccc(Cl)cc1. The van der Waals surface area contributed by atoms with Crippen molar-refractivity contribution in [2.24, 2.45) is 0 Å². The summed E-state index contributed by atoms with van der Waals surface area (Å²) >= 11 is 8.17. The van der Waals surface area contributed by atoms with Crippen LogP contribution < -0.4 is 0 Å². The van der Waals surface area contributed by atoms with Crippen molar-refractivity contribution in [1.82, 2.24) is 0 Å². The molecule has 0 bridgehead atoms. The van der Waals surface area contributed by atoms with Crippen LogP contribution in [0.5, 0.6) is 0 Å². The molecule has 60 valence electrons. The van der Waals surface area contributed by atoms with Gasteiger partial charge in [-0.15, -0.1) is 0 Å². The number of rotatable bonds is 1. The molecule has 0 atom stereocenters. The van der Waals surface area contributed by atoms with E-state index in [2.05, 4.69) is 48.6 Å². The van der Waals surface area contributed by atoms with Crippen molar-refractivity contribution in [3.05, 3.63) is 34.9 Å². The number of alkyl halides is 1. The first kappa shape index (κ1) is 9.33. The van der Waals surface area contributed by atoms with Gasteiger partial charge in [0, 0.05) is 8.44 Å². The minimum atomic E-state index is 0.197. The fourth-order valence-electron chi connectivity index (χ4n) is 0.846. The molecule has 2 heteroatoms. The molecule has 0 radical (unpaired) electrons. The zero-order chi connectivity index (χ0) is 8.48. The smallest absolute Gasteiger partial charge is 0.0414 e. The van der Waals surface area contributed by atoms with Crippen LogP contribution in [0.25, 0.3) is 0 Å². The van der Waals surface area contributed by atoms with Crippen molar-refractivity contribution in [3.8, 4) is 0 Å². The Morgan fingerprint density at radius 1 is 1.18 bits per heavy atom. The lowest BCUT2D eigenvalue weighted by Gasteiger charge is -2.16. The maximum absolute atomic E-state index is 5.76. The Morgan fingerprint density at radius 3 is 2.00 bits per heavy atom. The Morgan fingerprint density at radius 2 is 1.64 bits per heavy atom. The van der Waals surface area contributed by atoms with Gasteiger partial charge in [0.05, 0.1) is 0 Å². The maximum Gasteiger partial charge on any atom is 0.0414 e. The van der Waals surface area contributed by atoms with Gasteiger partial charge in [0.1, 0.15) is 0 Å². The minimum Gasteiger partial charge on any atom is -0.0843 e. The second-order valence-corrected chi connectivity index (χ2v) is 6.11. The second-order valence-electron chi connectivity index (χ2n) is 2.98. The molecule has 0 spiro atoms. The number of hydrogen-bond acceptors (Lipinski definition) is 0. The average Bonchev–Trinajstić information content (AvgIpc) is 1.86. The molecule has 0 saturated heterocycles. The fourth-order valence-corrected chi connectivity index (χ4v) is 1.33. The summed E-state index contributed by atoms with van der Waals surface area (Å²) in [5.41, 5.74) is 1.31. The molecular weight excluding hydrogens is 270 g/mol. The molecule has 1 aromatic rings. The summed E-state index contributed by atoms with van der Waals surface area (Å²) in [7, 11) is 0. The van der Waals surface area contributed by atoms with Crippen LogP contribution in [0.3, 0.4) is 0 Å². The minimum absolute atomic E-state index is 0.197. The summed E-state index contributed by atoms with van der Waals surface area (Å²) < 4.78 is 0.197. The first-order valence-electron chi connectivity index (χ1n) is 3.45. The van der Waals surface area contributed by atoms with Crippen molar-refractivity contribution in [1.29, 1.82) is 0 Å². The van der Waals surface area contributed by atoms with E-state index in [1.807, 2.05) is 12.1 Å². The van der Waals surface area contributed by atoms with Crippen molar-refractivity contribution in [2.45, 2.75) is 17.3 Å². The topological polar surface area (TPSA) is 0 Å². The molecule has 1 rings (SSSR count). The van der Waals surface area contributed by atoms with Gasteiger partial charge >= 0.3 is 0 Å². The van der Waals surface area contributed by atoms with E-state index in [1.54, 1.807) is 0 Å².